The minimum Gasteiger partial charge on any atom is -0.507 e. The number of para-hydroxylation sites is 1. The van der Waals surface area contributed by atoms with Gasteiger partial charge in [-0.2, -0.15) is 0 Å². The number of hydrogen-bond acceptors (Lipinski definition) is 4. The largest absolute Gasteiger partial charge is 0.507 e. The van der Waals surface area contributed by atoms with Crippen LogP contribution in [0, 0.1) is 0 Å². The SMILES string of the molecule is O=C(COc1ccc(Cl)c(Cl)c1)NNC(=O)c1ccccc1O. The predicted molar refractivity (Wildman–Crippen MR) is 85.7 cm³/mol. The zero-order valence-electron chi connectivity index (χ0n) is 11.7. The van der Waals surface area contributed by atoms with Crippen LogP contribution in [0.4, 0.5) is 0 Å². The van der Waals surface area contributed by atoms with Gasteiger partial charge in [-0.05, 0) is 24.3 Å². The standard InChI is InChI=1S/C15H12Cl2N2O4/c16-11-6-5-9(7-12(11)17)23-8-14(21)18-19-15(22)10-3-1-2-4-13(10)20/h1-7,20H,8H2,(H,18,21)(H,19,22). The van der Waals surface area contributed by atoms with E-state index in [1.807, 2.05) is 0 Å². The third kappa shape index (κ3) is 4.77. The van der Waals surface area contributed by atoms with Crippen LogP contribution in [0.1, 0.15) is 10.4 Å². The van der Waals surface area contributed by atoms with Crippen LogP contribution < -0.4 is 15.6 Å². The molecule has 2 amide bonds. The van der Waals surface area contributed by atoms with Gasteiger partial charge in [0, 0.05) is 6.07 Å². The van der Waals surface area contributed by atoms with Crippen LogP contribution in [0.3, 0.4) is 0 Å². The van der Waals surface area contributed by atoms with E-state index in [1.165, 1.54) is 24.3 Å². The van der Waals surface area contributed by atoms with Crippen molar-refractivity contribution in [3.05, 3.63) is 58.1 Å². The van der Waals surface area contributed by atoms with E-state index in [4.69, 9.17) is 27.9 Å². The number of halogens is 2. The van der Waals surface area contributed by atoms with E-state index < -0.39 is 11.8 Å². The third-order valence-electron chi connectivity index (χ3n) is 2.73. The number of phenolic OH excluding ortho intramolecular Hbond substituents is 1. The van der Waals surface area contributed by atoms with Gasteiger partial charge in [0.05, 0.1) is 15.6 Å². The van der Waals surface area contributed by atoms with Crippen LogP contribution in [0.15, 0.2) is 42.5 Å². The molecule has 0 fully saturated rings. The summed E-state index contributed by atoms with van der Waals surface area (Å²) in [5, 5.41) is 10.2. The summed E-state index contributed by atoms with van der Waals surface area (Å²) in [7, 11) is 0. The van der Waals surface area contributed by atoms with E-state index in [-0.39, 0.29) is 17.9 Å². The summed E-state index contributed by atoms with van der Waals surface area (Å²) in [5.41, 5.74) is 4.38. The van der Waals surface area contributed by atoms with Gasteiger partial charge in [0.1, 0.15) is 11.5 Å². The minimum absolute atomic E-state index is 0.0400. The number of carbonyl (C=O) groups is 2. The van der Waals surface area contributed by atoms with Crippen molar-refractivity contribution in [3.8, 4) is 11.5 Å². The highest BCUT2D eigenvalue weighted by Gasteiger charge is 2.11. The number of rotatable bonds is 4. The smallest absolute Gasteiger partial charge is 0.276 e. The molecular formula is C15H12Cl2N2O4. The van der Waals surface area contributed by atoms with Crippen molar-refractivity contribution >= 4 is 35.0 Å². The molecule has 0 saturated carbocycles. The van der Waals surface area contributed by atoms with Crippen LogP contribution in [0.2, 0.25) is 10.0 Å². The molecule has 2 aromatic carbocycles. The molecule has 120 valence electrons. The summed E-state index contributed by atoms with van der Waals surface area (Å²) in [4.78, 5) is 23.4. The minimum atomic E-state index is -0.647. The molecule has 0 unspecified atom stereocenters. The number of hydrazine groups is 1. The fraction of sp³-hybridized carbons (Fsp3) is 0.0667. The number of phenols is 1. The number of amides is 2. The maximum absolute atomic E-state index is 11.8. The molecule has 0 radical (unpaired) electrons. The van der Waals surface area contributed by atoms with E-state index in [9.17, 15) is 14.7 Å². The Labute approximate surface area is 141 Å². The Morgan fingerprint density at radius 1 is 1.04 bits per heavy atom. The van der Waals surface area contributed by atoms with Crippen LogP contribution >= 0.6 is 23.2 Å². The third-order valence-corrected chi connectivity index (χ3v) is 3.46. The zero-order chi connectivity index (χ0) is 16.8. The Balaban J connectivity index is 1.82. The molecule has 0 spiro atoms. The first kappa shape index (κ1) is 16.9. The van der Waals surface area contributed by atoms with Crippen LogP contribution in [-0.4, -0.2) is 23.5 Å². The maximum atomic E-state index is 11.8. The van der Waals surface area contributed by atoms with E-state index in [2.05, 4.69) is 10.9 Å². The van der Waals surface area contributed by atoms with Crippen molar-refractivity contribution in [2.45, 2.75) is 0 Å². The lowest BCUT2D eigenvalue weighted by molar-refractivity contribution is -0.123. The van der Waals surface area contributed by atoms with Gasteiger partial charge in [-0.1, -0.05) is 35.3 Å². The Bertz CT molecular complexity index is 737. The number of hydrogen-bond donors (Lipinski definition) is 3. The Morgan fingerprint density at radius 2 is 1.78 bits per heavy atom. The fourth-order valence-electron chi connectivity index (χ4n) is 1.61. The molecule has 0 heterocycles. The van der Waals surface area contributed by atoms with Gasteiger partial charge in [0.15, 0.2) is 6.61 Å². The van der Waals surface area contributed by atoms with Crippen LogP contribution in [0.5, 0.6) is 11.5 Å². The molecular weight excluding hydrogens is 343 g/mol. The van der Waals surface area contributed by atoms with Crippen LogP contribution in [0.25, 0.3) is 0 Å². The second-order valence-corrected chi connectivity index (χ2v) is 5.20. The quantitative estimate of drug-likeness (QED) is 0.736. The molecule has 0 aromatic heterocycles. The number of nitrogens with one attached hydrogen (secondary N) is 2. The first-order valence-corrected chi connectivity index (χ1v) is 7.18. The van der Waals surface area contributed by atoms with E-state index in [0.717, 1.165) is 0 Å². The van der Waals surface area contributed by atoms with E-state index in [0.29, 0.717) is 15.8 Å². The van der Waals surface area contributed by atoms with Gasteiger partial charge in [-0.3, -0.25) is 20.4 Å². The normalized spacial score (nSPS) is 10.0. The summed E-state index contributed by atoms with van der Waals surface area (Å²) in [6.07, 6.45) is 0. The number of ether oxygens (including phenoxy) is 1. The lowest BCUT2D eigenvalue weighted by atomic mass is 10.2. The van der Waals surface area contributed by atoms with Gasteiger partial charge in [0.2, 0.25) is 0 Å². The molecule has 0 saturated heterocycles. The highest BCUT2D eigenvalue weighted by atomic mass is 35.5. The number of benzene rings is 2. The maximum Gasteiger partial charge on any atom is 0.276 e. The molecule has 0 atom stereocenters. The second-order valence-electron chi connectivity index (χ2n) is 4.38. The lowest BCUT2D eigenvalue weighted by Crippen LogP contribution is -2.43. The fourth-order valence-corrected chi connectivity index (χ4v) is 1.90. The van der Waals surface area contributed by atoms with Crippen molar-refractivity contribution in [1.29, 1.82) is 0 Å². The highest BCUT2D eigenvalue weighted by Crippen LogP contribution is 2.26. The average molecular weight is 355 g/mol. The monoisotopic (exact) mass is 354 g/mol. The molecule has 0 aliphatic heterocycles. The van der Waals surface area contributed by atoms with Gasteiger partial charge < -0.3 is 9.84 Å². The molecule has 8 heteroatoms. The van der Waals surface area contributed by atoms with Crippen molar-refractivity contribution in [3.63, 3.8) is 0 Å². The second kappa shape index (κ2) is 7.71. The van der Waals surface area contributed by atoms with Crippen molar-refractivity contribution in [2.75, 3.05) is 6.61 Å². The molecule has 2 rings (SSSR count). The topological polar surface area (TPSA) is 87.7 Å². The number of carbonyl (C=O) groups excluding carboxylic acids is 2. The summed E-state index contributed by atoms with van der Waals surface area (Å²) in [6, 6.07) is 10.5. The predicted octanol–water partition coefficient (Wildman–Crippen LogP) is 2.54. The molecule has 0 aliphatic rings. The van der Waals surface area contributed by atoms with Crippen molar-refractivity contribution in [2.24, 2.45) is 0 Å². The molecule has 0 aliphatic carbocycles. The summed E-state index contributed by atoms with van der Waals surface area (Å²) >= 11 is 11.6. The molecule has 3 N–H and O–H groups in total. The molecule has 2 aromatic rings. The zero-order valence-corrected chi connectivity index (χ0v) is 13.2. The van der Waals surface area contributed by atoms with Crippen molar-refractivity contribution in [1.82, 2.24) is 10.9 Å². The summed E-state index contributed by atoms with van der Waals surface area (Å²) < 4.78 is 5.21. The number of aromatic hydroxyl groups is 1. The Morgan fingerprint density at radius 3 is 2.48 bits per heavy atom. The van der Waals surface area contributed by atoms with Crippen LogP contribution in [-0.2, 0) is 4.79 Å². The molecule has 0 bridgehead atoms. The van der Waals surface area contributed by atoms with Gasteiger partial charge in [-0.25, -0.2) is 0 Å². The molecule has 6 nitrogen and oxygen atoms in total. The summed E-state index contributed by atoms with van der Waals surface area (Å²) in [5.74, 6) is -1.06. The first-order chi connectivity index (χ1) is 11.0. The van der Waals surface area contributed by atoms with Gasteiger partial charge in [-0.15, -0.1) is 0 Å². The highest BCUT2D eigenvalue weighted by molar-refractivity contribution is 6.42. The van der Waals surface area contributed by atoms with Gasteiger partial charge >= 0.3 is 0 Å². The first-order valence-electron chi connectivity index (χ1n) is 6.42. The van der Waals surface area contributed by atoms with E-state index >= 15 is 0 Å². The van der Waals surface area contributed by atoms with E-state index in [1.54, 1.807) is 18.2 Å². The van der Waals surface area contributed by atoms with Gasteiger partial charge in [0.25, 0.3) is 11.8 Å². The summed E-state index contributed by atoms with van der Waals surface area (Å²) in [6.45, 7) is -0.334. The Kier molecular flexibility index (Phi) is 5.67. The average Bonchev–Trinajstić information content (AvgIpc) is 2.54. The Hall–Kier alpha value is -2.44. The van der Waals surface area contributed by atoms with Crippen molar-refractivity contribution < 1.29 is 19.4 Å². The molecule has 23 heavy (non-hydrogen) atoms. The lowest BCUT2D eigenvalue weighted by Gasteiger charge is -2.10.